The first kappa shape index (κ1) is 19.5. The highest BCUT2D eigenvalue weighted by atomic mass is 18.1. The molecule has 0 aromatic heterocycles. The summed E-state index contributed by atoms with van der Waals surface area (Å²) in [5.41, 5.74) is 0. The quantitative estimate of drug-likeness (QED) is 0.266. The number of hydrogen-bond acceptors (Lipinski definition) is 1. The summed E-state index contributed by atoms with van der Waals surface area (Å²) >= 11 is 0. The predicted octanol–water partition coefficient (Wildman–Crippen LogP) is 6.33. The minimum atomic E-state index is -0.653. The summed E-state index contributed by atoms with van der Waals surface area (Å²) in [6, 6.07) is 0. The van der Waals surface area contributed by atoms with Gasteiger partial charge in [-0.15, -0.1) is 0 Å². The highest BCUT2D eigenvalue weighted by molar-refractivity contribution is 5.66. The molecule has 0 fully saturated rings. The first-order valence-corrected chi connectivity index (χ1v) is 8.99. The summed E-state index contributed by atoms with van der Waals surface area (Å²) in [5.74, 6) is -0.653. The molecule has 0 saturated heterocycles. The highest BCUT2D eigenvalue weighted by Crippen LogP contribution is 2.13. The van der Waals surface area contributed by atoms with Crippen LogP contribution in [0.5, 0.6) is 0 Å². The van der Waals surface area contributed by atoms with Crippen molar-refractivity contribution in [2.24, 2.45) is 0 Å². The Labute approximate surface area is 126 Å². The maximum absolute atomic E-state index is 10.3. The van der Waals surface area contributed by atoms with Gasteiger partial charge in [-0.05, 0) is 6.42 Å². The molecule has 0 heterocycles. The van der Waals surface area contributed by atoms with E-state index in [0.29, 0.717) is 6.42 Å². The molecule has 0 radical (unpaired) electrons. The van der Waals surface area contributed by atoms with Crippen molar-refractivity contribution in [1.29, 1.82) is 0 Å². The van der Waals surface area contributed by atoms with Gasteiger partial charge >= 0.3 is 5.97 Å². The number of carbonyl (C=O) groups is 1. The minimum Gasteiger partial charge on any atom is -0.481 e. The topological polar surface area (TPSA) is 37.3 Å². The smallest absolute Gasteiger partial charge is 0.303 e. The Bertz CT molecular complexity index is 202. The van der Waals surface area contributed by atoms with Crippen LogP contribution in [0.2, 0.25) is 0 Å². The van der Waals surface area contributed by atoms with Crippen molar-refractivity contribution in [3.05, 3.63) is 0 Å². The summed E-state index contributed by atoms with van der Waals surface area (Å²) in [4.78, 5) is 10.3. The molecule has 0 unspecified atom stereocenters. The van der Waals surface area contributed by atoms with E-state index >= 15 is 0 Å². The monoisotopic (exact) mass is 286 g/mol. The standard InChI is InChI=1S/C18H36O2/c1-2-3-4-5-6-7-8-9-10-11-12-13-14-15-16-17-18(19)20/h2-17H2,1H3,(H,19,20)/i19+2. The second-order valence-corrected chi connectivity index (χ2v) is 6.09. The number of rotatable bonds is 16. The van der Waals surface area contributed by atoms with E-state index in [1.165, 1.54) is 83.5 Å². The molecular formula is C18H36O2. The van der Waals surface area contributed by atoms with Crippen molar-refractivity contribution < 1.29 is 9.90 Å². The van der Waals surface area contributed by atoms with Crippen LogP contribution in [-0.4, -0.2) is 11.1 Å². The van der Waals surface area contributed by atoms with Crippen LogP contribution in [0.1, 0.15) is 110 Å². The number of hydrogen-bond donors (Lipinski definition) is 1. The Morgan fingerprint density at radius 2 is 0.900 bits per heavy atom. The van der Waals surface area contributed by atoms with Gasteiger partial charge in [0.15, 0.2) is 0 Å². The molecule has 0 aromatic carbocycles. The van der Waals surface area contributed by atoms with Crippen molar-refractivity contribution in [3.63, 3.8) is 0 Å². The van der Waals surface area contributed by atoms with E-state index < -0.39 is 5.97 Å². The number of aliphatic carboxylic acids is 1. The molecule has 0 spiro atoms. The molecule has 20 heavy (non-hydrogen) atoms. The normalized spacial score (nSPS) is 10.8. The van der Waals surface area contributed by atoms with Crippen LogP contribution in [0, 0.1) is 0 Å². The summed E-state index contributed by atoms with van der Waals surface area (Å²) in [7, 11) is 0. The lowest BCUT2D eigenvalue weighted by molar-refractivity contribution is -0.137. The fourth-order valence-corrected chi connectivity index (χ4v) is 2.65. The lowest BCUT2D eigenvalue weighted by Gasteiger charge is -2.03. The van der Waals surface area contributed by atoms with Crippen LogP contribution < -0.4 is 0 Å². The molecule has 1 N–H and O–H groups in total. The molecule has 0 aromatic rings. The van der Waals surface area contributed by atoms with Crippen LogP contribution in [0.25, 0.3) is 0 Å². The van der Waals surface area contributed by atoms with Gasteiger partial charge in [0.25, 0.3) is 0 Å². The maximum Gasteiger partial charge on any atom is 0.303 e. The van der Waals surface area contributed by atoms with E-state index in [9.17, 15) is 4.79 Å². The third-order valence-corrected chi connectivity index (χ3v) is 3.99. The average molecular weight is 286 g/mol. The zero-order valence-electron chi connectivity index (χ0n) is 13.7. The van der Waals surface area contributed by atoms with Gasteiger partial charge in [-0.2, -0.15) is 0 Å². The fraction of sp³-hybridized carbons (Fsp3) is 0.944. The Morgan fingerprint density at radius 3 is 1.20 bits per heavy atom. The fourth-order valence-electron chi connectivity index (χ4n) is 2.65. The molecule has 0 atom stereocenters. The van der Waals surface area contributed by atoms with Crippen molar-refractivity contribution in [2.45, 2.75) is 110 Å². The zero-order chi connectivity index (χ0) is 14.9. The third-order valence-electron chi connectivity index (χ3n) is 3.99. The lowest BCUT2D eigenvalue weighted by atomic mass is 10.0. The molecule has 2 heteroatoms. The number of carboxylic acids is 1. The minimum absolute atomic E-state index is 0.345. The SMILES string of the molecule is CCCCCCCCCCCCCCCCCC(O)=[18O]. The molecular weight excluding hydrogens is 250 g/mol. The van der Waals surface area contributed by atoms with Crippen molar-refractivity contribution in [1.82, 2.24) is 0 Å². The summed E-state index contributed by atoms with van der Waals surface area (Å²) in [5, 5.41) is 8.52. The van der Waals surface area contributed by atoms with Crippen LogP contribution in [-0.2, 0) is 4.79 Å². The van der Waals surface area contributed by atoms with Gasteiger partial charge < -0.3 is 5.11 Å². The van der Waals surface area contributed by atoms with E-state index in [0.717, 1.165) is 12.8 Å². The van der Waals surface area contributed by atoms with Crippen LogP contribution in [0.3, 0.4) is 0 Å². The Morgan fingerprint density at radius 1 is 0.600 bits per heavy atom. The number of unbranched alkanes of at least 4 members (excludes halogenated alkanes) is 14. The zero-order valence-corrected chi connectivity index (χ0v) is 13.7. The largest absolute Gasteiger partial charge is 0.481 e. The Hall–Kier alpha value is -0.530. The van der Waals surface area contributed by atoms with E-state index in [1.54, 1.807) is 0 Å². The second-order valence-electron chi connectivity index (χ2n) is 6.09. The van der Waals surface area contributed by atoms with Crippen LogP contribution in [0.4, 0.5) is 0 Å². The molecule has 0 saturated carbocycles. The van der Waals surface area contributed by atoms with Crippen LogP contribution in [0.15, 0.2) is 0 Å². The van der Waals surface area contributed by atoms with Crippen molar-refractivity contribution >= 4 is 5.97 Å². The van der Waals surface area contributed by atoms with Gasteiger partial charge in [-0.3, -0.25) is 4.79 Å². The molecule has 0 aliphatic heterocycles. The molecule has 0 bridgehead atoms. The average Bonchev–Trinajstić information content (AvgIpc) is 2.43. The molecule has 120 valence electrons. The van der Waals surface area contributed by atoms with Crippen molar-refractivity contribution in [3.8, 4) is 0 Å². The maximum atomic E-state index is 10.3. The third kappa shape index (κ3) is 17.5. The van der Waals surface area contributed by atoms with Crippen LogP contribution >= 0.6 is 0 Å². The van der Waals surface area contributed by atoms with E-state index in [-0.39, 0.29) is 0 Å². The van der Waals surface area contributed by atoms with Gasteiger partial charge in [0, 0.05) is 6.42 Å². The molecule has 2 nitrogen and oxygen atoms in total. The van der Waals surface area contributed by atoms with Crippen molar-refractivity contribution in [2.75, 3.05) is 0 Å². The van der Waals surface area contributed by atoms with Gasteiger partial charge in [0.1, 0.15) is 0 Å². The highest BCUT2D eigenvalue weighted by Gasteiger charge is 1.97. The molecule has 0 aliphatic carbocycles. The Kier molecular flexibility index (Phi) is 16.1. The predicted molar refractivity (Wildman–Crippen MR) is 87.2 cm³/mol. The summed E-state index contributed by atoms with van der Waals surface area (Å²) < 4.78 is 0. The second kappa shape index (κ2) is 16.5. The summed E-state index contributed by atoms with van der Waals surface area (Å²) in [6.45, 7) is 2.27. The van der Waals surface area contributed by atoms with E-state index in [1.807, 2.05) is 0 Å². The first-order valence-electron chi connectivity index (χ1n) is 8.99. The van der Waals surface area contributed by atoms with E-state index in [2.05, 4.69) is 6.92 Å². The van der Waals surface area contributed by atoms with Gasteiger partial charge in [-0.1, -0.05) is 96.8 Å². The molecule has 0 amide bonds. The van der Waals surface area contributed by atoms with E-state index in [4.69, 9.17) is 5.11 Å². The molecule has 0 rings (SSSR count). The van der Waals surface area contributed by atoms with Gasteiger partial charge in [0.05, 0.1) is 0 Å². The first-order chi connectivity index (χ1) is 9.77. The Balaban J connectivity index is 2.94. The lowest BCUT2D eigenvalue weighted by Crippen LogP contribution is -1.93. The van der Waals surface area contributed by atoms with Gasteiger partial charge in [-0.25, -0.2) is 0 Å². The summed E-state index contributed by atoms with van der Waals surface area (Å²) in [6.07, 6.45) is 20.2. The number of carboxylic acid groups (broad SMARTS) is 1. The molecule has 0 aliphatic rings. The van der Waals surface area contributed by atoms with Gasteiger partial charge in [0.2, 0.25) is 0 Å².